The predicted molar refractivity (Wildman–Crippen MR) is 112 cm³/mol. The van der Waals surface area contributed by atoms with E-state index in [0.29, 0.717) is 12.1 Å². The number of thiophene rings is 2. The van der Waals surface area contributed by atoms with Crippen molar-refractivity contribution >= 4 is 38.6 Å². The van der Waals surface area contributed by atoms with Gasteiger partial charge in [0.1, 0.15) is 0 Å². The Hall–Kier alpha value is -2.00. The van der Waals surface area contributed by atoms with Gasteiger partial charge < -0.3 is 4.90 Å². The lowest BCUT2D eigenvalue weighted by molar-refractivity contribution is 0.0737. The molecule has 1 aliphatic rings. The molecule has 4 rings (SSSR count). The highest BCUT2D eigenvalue weighted by atomic mass is 32.2. The van der Waals surface area contributed by atoms with Crippen LogP contribution in [0.5, 0.6) is 0 Å². The van der Waals surface area contributed by atoms with Crippen LogP contribution in [0, 0.1) is 0 Å². The van der Waals surface area contributed by atoms with Crippen molar-refractivity contribution < 1.29 is 13.2 Å². The van der Waals surface area contributed by atoms with Gasteiger partial charge in [-0.1, -0.05) is 18.2 Å². The maximum Gasteiger partial charge on any atom is 0.254 e. The van der Waals surface area contributed by atoms with Gasteiger partial charge in [0, 0.05) is 28.4 Å². The quantitative estimate of drug-likeness (QED) is 0.633. The van der Waals surface area contributed by atoms with Gasteiger partial charge in [-0.05, 0) is 53.9 Å². The minimum absolute atomic E-state index is 0.0738. The maximum absolute atomic E-state index is 13.1. The molecular formula is C20H20N2O3S3. The molecule has 0 radical (unpaired) electrons. The summed E-state index contributed by atoms with van der Waals surface area (Å²) in [5, 5.41) is 3.92. The molecule has 1 unspecified atom stereocenters. The van der Waals surface area contributed by atoms with Crippen LogP contribution < -0.4 is 4.72 Å². The molecule has 3 heterocycles. The van der Waals surface area contributed by atoms with E-state index < -0.39 is 10.0 Å². The number of hydrogen-bond donors (Lipinski definition) is 1. The Morgan fingerprint density at radius 2 is 1.93 bits per heavy atom. The van der Waals surface area contributed by atoms with Crippen molar-refractivity contribution in [2.75, 3.05) is 6.54 Å². The lowest BCUT2D eigenvalue weighted by atomic mass is 10.1. The van der Waals surface area contributed by atoms with Crippen molar-refractivity contribution in [3.8, 4) is 0 Å². The molecule has 2 aromatic heterocycles. The van der Waals surface area contributed by atoms with Crippen LogP contribution in [0.25, 0.3) is 0 Å². The molecule has 0 aliphatic carbocycles. The molecule has 1 aromatic carbocycles. The van der Waals surface area contributed by atoms with Gasteiger partial charge in [-0.15, -0.1) is 22.7 Å². The highest BCUT2D eigenvalue weighted by Crippen LogP contribution is 2.35. The highest BCUT2D eigenvalue weighted by molar-refractivity contribution is 7.89. The third kappa shape index (κ3) is 4.05. The third-order valence-electron chi connectivity index (χ3n) is 4.79. The van der Waals surface area contributed by atoms with Crippen LogP contribution in [0.4, 0.5) is 0 Å². The summed E-state index contributed by atoms with van der Waals surface area (Å²) in [4.78, 5) is 17.2. The molecule has 1 saturated heterocycles. The minimum atomic E-state index is -3.68. The molecular weight excluding hydrogens is 412 g/mol. The second-order valence-corrected chi connectivity index (χ2v) is 10.4. The summed E-state index contributed by atoms with van der Waals surface area (Å²) in [5.41, 5.74) is 0.405. The zero-order chi connectivity index (χ0) is 19.6. The number of amides is 1. The second-order valence-electron chi connectivity index (χ2n) is 6.60. The first kappa shape index (κ1) is 19.3. The van der Waals surface area contributed by atoms with E-state index in [2.05, 4.69) is 10.8 Å². The van der Waals surface area contributed by atoms with Crippen LogP contribution in [0.2, 0.25) is 0 Å². The largest absolute Gasteiger partial charge is 0.331 e. The molecule has 146 valence electrons. The Balaban J connectivity index is 1.53. The standard InChI is InChI=1S/C20H20N2O3S3/c23-20(22-10-2-8-18(22)19-9-4-12-27-19)15-5-1-7-17(13-15)28(24,25)21-14-16-6-3-11-26-16/h1,3-7,9,11-13,18,21H,2,8,10,14H2. The summed E-state index contributed by atoms with van der Waals surface area (Å²) in [6.07, 6.45) is 1.89. The van der Waals surface area contributed by atoms with Crippen molar-refractivity contribution in [2.45, 2.75) is 30.3 Å². The van der Waals surface area contributed by atoms with Crippen LogP contribution in [-0.2, 0) is 16.6 Å². The first-order valence-electron chi connectivity index (χ1n) is 9.01. The van der Waals surface area contributed by atoms with E-state index in [4.69, 9.17) is 0 Å². The Morgan fingerprint density at radius 1 is 1.11 bits per heavy atom. The first-order chi connectivity index (χ1) is 13.5. The molecule has 1 fully saturated rings. The molecule has 0 saturated carbocycles. The number of hydrogen-bond acceptors (Lipinski definition) is 5. The summed E-state index contributed by atoms with van der Waals surface area (Å²) in [7, 11) is -3.68. The van der Waals surface area contributed by atoms with E-state index in [1.54, 1.807) is 23.5 Å². The zero-order valence-electron chi connectivity index (χ0n) is 15.1. The minimum Gasteiger partial charge on any atom is -0.331 e. The van der Waals surface area contributed by atoms with Crippen molar-refractivity contribution in [1.82, 2.24) is 9.62 Å². The lowest BCUT2D eigenvalue weighted by Gasteiger charge is -2.24. The molecule has 3 aromatic rings. The number of carbonyl (C=O) groups is 1. The third-order valence-corrected chi connectivity index (χ3v) is 8.04. The van der Waals surface area contributed by atoms with E-state index in [0.717, 1.165) is 17.7 Å². The highest BCUT2D eigenvalue weighted by Gasteiger charge is 2.31. The number of sulfonamides is 1. The predicted octanol–water partition coefficient (Wildman–Crippen LogP) is 4.27. The molecule has 1 N–H and O–H groups in total. The van der Waals surface area contributed by atoms with Gasteiger partial charge >= 0.3 is 0 Å². The van der Waals surface area contributed by atoms with E-state index in [1.807, 2.05) is 33.9 Å². The van der Waals surface area contributed by atoms with Gasteiger partial charge in [-0.25, -0.2) is 13.1 Å². The van der Waals surface area contributed by atoms with E-state index in [9.17, 15) is 13.2 Å². The number of nitrogens with zero attached hydrogens (tertiary/aromatic N) is 1. The second kappa shape index (κ2) is 8.16. The molecule has 1 aliphatic heterocycles. The summed E-state index contributed by atoms with van der Waals surface area (Å²) in [6.45, 7) is 0.930. The van der Waals surface area contributed by atoms with E-state index >= 15 is 0 Å². The Morgan fingerprint density at radius 3 is 2.68 bits per heavy atom. The summed E-state index contributed by atoms with van der Waals surface area (Å²) in [5.74, 6) is -0.119. The Kier molecular flexibility index (Phi) is 5.63. The number of likely N-dealkylation sites (tertiary alicyclic amines) is 1. The fraction of sp³-hybridized carbons (Fsp3) is 0.250. The summed E-state index contributed by atoms with van der Waals surface area (Å²) >= 11 is 3.15. The monoisotopic (exact) mass is 432 g/mol. The van der Waals surface area contributed by atoms with Gasteiger partial charge in [0.2, 0.25) is 10.0 Å². The molecule has 0 bridgehead atoms. The maximum atomic E-state index is 13.1. The average Bonchev–Trinajstić information content (AvgIpc) is 3.48. The Bertz CT molecular complexity index is 1040. The van der Waals surface area contributed by atoms with Crippen LogP contribution in [0.1, 0.15) is 39.0 Å². The lowest BCUT2D eigenvalue weighted by Crippen LogP contribution is -2.30. The molecule has 1 atom stereocenters. The summed E-state index contributed by atoms with van der Waals surface area (Å²) < 4.78 is 27.9. The van der Waals surface area contributed by atoms with Gasteiger partial charge in [0.25, 0.3) is 5.91 Å². The number of benzene rings is 1. The number of nitrogens with one attached hydrogen (secondary N) is 1. The molecule has 5 nitrogen and oxygen atoms in total. The van der Waals surface area contributed by atoms with E-state index in [-0.39, 0.29) is 23.4 Å². The van der Waals surface area contributed by atoms with Crippen LogP contribution in [0.3, 0.4) is 0 Å². The van der Waals surface area contributed by atoms with Gasteiger partial charge in [0.05, 0.1) is 10.9 Å². The van der Waals surface area contributed by atoms with Gasteiger partial charge in [0.15, 0.2) is 0 Å². The number of rotatable bonds is 6. The molecule has 1 amide bonds. The van der Waals surface area contributed by atoms with Crippen LogP contribution in [-0.4, -0.2) is 25.8 Å². The van der Waals surface area contributed by atoms with Gasteiger partial charge in [-0.3, -0.25) is 4.79 Å². The van der Waals surface area contributed by atoms with Crippen molar-refractivity contribution in [2.24, 2.45) is 0 Å². The topological polar surface area (TPSA) is 66.5 Å². The van der Waals surface area contributed by atoms with E-state index in [1.165, 1.54) is 28.3 Å². The van der Waals surface area contributed by atoms with Crippen LogP contribution >= 0.6 is 22.7 Å². The van der Waals surface area contributed by atoms with Crippen molar-refractivity contribution in [1.29, 1.82) is 0 Å². The zero-order valence-corrected chi connectivity index (χ0v) is 17.5. The molecule has 28 heavy (non-hydrogen) atoms. The normalized spacial score (nSPS) is 17.1. The smallest absolute Gasteiger partial charge is 0.254 e. The van der Waals surface area contributed by atoms with Crippen molar-refractivity contribution in [3.63, 3.8) is 0 Å². The first-order valence-corrected chi connectivity index (χ1v) is 12.3. The SMILES string of the molecule is O=C(c1cccc(S(=O)(=O)NCc2cccs2)c1)N1CCCC1c1cccs1. The van der Waals surface area contributed by atoms with Gasteiger partial charge in [-0.2, -0.15) is 0 Å². The fourth-order valence-corrected chi connectivity index (χ4v) is 6.07. The Labute approximate surface area is 172 Å². The fourth-order valence-electron chi connectivity index (χ4n) is 3.41. The van der Waals surface area contributed by atoms with Crippen LogP contribution in [0.15, 0.2) is 64.2 Å². The van der Waals surface area contributed by atoms with Crippen molar-refractivity contribution in [3.05, 3.63) is 74.6 Å². The average molecular weight is 433 g/mol. The molecule has 8 heteroatoms. The summed E-state index contributed by atoms with van der Waals surface area (Å²) in [6, 6.07) is 14.2. The molecule has 0 spiro atoms. The number of carbonyl (C=O) groups excluding carboxylic acids is 1.